The van der Waals surface area contributed by atoms with Crippen LogP contribution in [-0.2, 0) is 26.2 Å². The van der Waals surface area contributed by atoms with Gasteiger partial charge in [-0.15, -0.1) is 0 Å². The molecule has 0 bridgehead atoms. The molecule has 0 radical (unpaired) electrons. The van der Waals surface area contributed by atoms with Crippen molar-refractivity contribution in [1.82, 2.24) is 10.2 Å². The first-order chi connectivity index (χ1) is 18.9. The lowest BCUT2D eigenvalue weighted by atomic mass is 10.1. The van der Waals surface area contributed by atoms with Gasteiger partial charge in [-0.2, -0.15) is 0 Å². The van der Waals surface area contributed by atoms with Crippen LogP contribution in [0.3, 0.4) is 0 Å². The molecule has 0 aliphatic rings. The van der Waals surface area contributed by atoms with Gasteiger partial charge in [0.05, 0.1) is 10.6 Å². The lowest BCUT2D eigenvalue weighted by Crippen LogP contribution is -2.51. The minimum atomic E-state index is -4.13. The number of carbonyl (C=O) groups excluding carboxylic acids is 2. The van der Waals surface area contributed by atoms with E-state index in [0.717, 1.165) is 22.7 Å². The molecule has 0 saturated carbocycles. The third kappa shape index (κ3) is 7.77. The van der Waals surface area contributed by atoms with Gasteiger partial charge in [-0.05, 0) is 68.7 Å². The summed E-state index contributed by atoms with van der Waals surface area (Å²) >= 11 is 12.5. The van der Waals surface area contributed by atoms with E-state index >= 15 is 0 Å². The van der Waals surface area contributed by atoms with Crippen LogP contribution in [0.15, 0.2) is 71.6 Å². The molecular weight excluding hydrogens is 569 g/mol. The van der Waals surface area contributed by atoms with Gasteiger partial charge < -0.3 is 10.2 Å². The normalized spacial score (nSPS) is 12.1. The number of sulfonamides is 1. The van der Waals surface area contributed by atoms with Crippen molar-refractivity contribution in [3.05, 3.63) is 93.5 Å². The Kier molecular flexibility index (Phi) is 11.0. The van der Waals surface area contributed by atoms with E-state index < -0.39 is 28.5 Å². The Morgan fingerprint density at radius 2 is 1.68 bits per heavy atom. The molecule has 1 atom stereocenters. The van der Waals surface area contributed by atoms with Crippen molar-refractivity contribution in [3.8, 4) is 0 Å². The van der Waals surface area contributed by atoms with Crippen LogP contribution in [0, 0.1) is 13.8 Å². The molecule has 40 heavy (non-hydrogen) atoms. The Bertz CT molecular complexity index is 1450. The largest absolute Gasteiger partial charge is 0.354 e. The predicted octanol–water partition coefficient (Wildman–Crippen LogP) is 6.14. The van der Waals surface area contributed by atoms with Gasteiger partial charge in [0.15, 0.2) is 0 Å². The summed E-state index contributed by atoms with van der Waals surface area (Å²) in [5, 5.41) is 3.64. The maximum absolute atomic E-state index is 14.0. The number of hydrogen-bond acceptors (Lipinski definition) is 4. The van der Waals surface area contributed by atoms with E-state index in [2.05, 4.69) is 5.32 Å². The third-order valence-electron chi connectivity index (χ3n) is 6.58. The highest BCUT2D eigenvalue weighted by atomic mass is 35.5. The summed E-state index contributed by atoms with van der Waals surface area (Å²) < 4.78 is 28.9. The zero-order chi connectivity index (χ0) is 29.4. The van der Waals surface area contributed by atoms with Gasteiger partial charge in [0.25, 0.3) is 10.0 Å². The lowest BCUT2D eigenvalue weighted by Gasteiger charge is -2.32. The summed E-state index contributed by atoms with van der Waals surface area (Å²) in [6.45, 7) is 7.30. The van der Waals surface area contributed by atoms with E-state index in [0.29, 0.717) is 33.4 Å². The minimum Gasteiger partial charge on any atom is -0.354 e. The third-order valence-corrected chi connectivity index (χ3v) is 8.94. The second kappa shape index (κ2) is 14.0. The minimum absolute atomic E-state index is 0.0106. The molecule has 0 heterocycles. The number of rotatable bonds is 12. The van der Waals surface area contributed by atoms with Crippen LogP contribution in [0.1, 0.15) is 43.4 Å². The molecule has 7 nitrogen and oxygen atoms in total. The number of halogens is 2. The number of carbonyl (C=O) groups is 2. The predicted molar refractivity (Wildman–Crippen MR) is 161 cm³/mol. The summed E-state index contributed by atoms with van der Waals surface area (Å²) in [5.41, 5.74) is 2.62. The molecule has 0 spiro atoms. The summed E-state index contributed by atoms with van der Waals surface area (Å²) in [7, 11) is -4.13. The molecule has 1 N–H and O–H groups in total. The maximum Gasteiger partial charge on any atom is 0.264 e. The number of hydrogen-bond donors (Lipinski definition) is 1. The number of unbranched alkanes of at least 4 members (excludes halogenated alkanes) is 1. The van der Waals surface area contributed by atoms with Crippen molar-refractivity contribution in [1.29, 1.82) is 0 Å². The topological polar surface area (TPSA) is 86.8 Å². The zero-order valence-electron chi connectivity index (χ0n) is 23.2. The number of amides is 2. The summed E-state index contributed by atoms with van der Waals surface area (Å²) in [4.78, 5) is 28.5. The van der Waals surface area contributed by atoms with Crippen molar-refractivity contribution >= 4 is 50.7 Å². The number of benzene rings is 3. The van der Waals surface area contributed by atoms with Crippen LogP contribution in [0.2, 0.25) is 10.0 Å². The Hall–Kier alpha value is -3.07. The van der Waals surface area contributed by atoms with Gasteiger partial charge in [0.2, 0.25) is 11.8 Å². The first-order valence-electron chi connectivity index (χ1n) is 13.1. The van der Waals surface area contributed by atoms with Gasteiger partial charge in [0.1, 0.15) is 12.6 Å². The molecule has 0 saturated heterocycles. The van der Waals surface area contributed by atoms with E-state index in [9.17, 15) is 18.0 Å². The maximum atomic E-state index is 14.0. The van der Waals surface area contributed by atoms with E-state index in [1.165, 1.54) is 17.0 Å². The monoisotopic (exact) mass is 603 g/mol. The van der Waals surface area contributed by atoms with Crippen molar-refractivity contribution in [2.75, 3.05) is 17.4 Å². The van der Waals surface area contributed by atoms with Crippen molar-refractivity contribution < 1.29 is 18.0 Å². The highest BCUT2D eigenvalue weighted by Crippen LogP contribution is 2.29. The van der Waals surface area contributed by atoms with E-state index in [-0.39, 0.29) is 17.3 Å². The Morgan fingerprint density at radius 3 is 2.30 bits per heavy atom. The average Bonchev–Trinajstić information content (AvgIpc) is 2.91. The molecule has 0 fully saturated rings. The second-order valence-corrected chi connectivity index (χ2v) is 12.4. The molecule has 3 aromatic rings. The second-order valence-electron chi connectivity index (χ2n) is 9.69. The van der Waals surface area contributed by atoms with Crippen LogP contribution in [0.5, 0.6) is 0 Å². The first kappa shape index (κ1) is 31.5. The quantitative estimate of drug-likeness (QED) is 0.252. The fraction of sp³-hybridized carbons (Fsp3) is 0.333. The average molecular weight is 605 g/mol. The molecule has 10 heteroatoms. The van der Waals surface area contributed by atoms with Crippen LogP contribution in [0.25, 0.3) is 0 Å². The number of nitrogens with one attached hydrogen (secondary N) is 1. The number of aryl methyl sites for hydroxylation is 2. The number of anilines is 1. The summed E-state index contributed by atoms with van der Waals surface area (Å²) in [6.07, 6.45) is 1.70. The molecule has 3 aromatic carbocycles. The molecule has 214 valence electrons. The molecule has 0 aliphatic heterocycles. The Morgan fingerprint density at radius 1 is 0.975 bits per heavy atom. The lowest BCUT2D eigenvalue weighted by molar-refractivity contribution is -0.139. The SMILES string of the molecule is CCCCNC(=O)C(C)N(Cc1ccc(Cl)cc1Cl)C(=O)CN(c1ccc(C)cc1C)S(=O)(=O)c1ccccc1. The van der Waals surface area contributed by atoms with Gasteiger partial charge in [-0.25, -0.2) is 8.42 Å². The van der Waals surface area contributed by atoms with Crippen LogP contribution >= 0.6 is 23.2 Å². The van der Waals surface area contributed by atoms with E-state index in [1.807, 2.05) is 19.9 Å². The van der Waals surface area contributed by atoms with E-state index in [1.54, 1.807) is 62.4 Å². The van der Waals surface area contributed by atoms with Crippen molar-refractivity contribution in [2.45, 2.75) is 58.0 Å². The van der Waals surface area contributed by atoms with Gasteiger partial charge in [-0.3, -0.25) is 13.9 Å². The number of nitrogens with zero attached hydrogens (tertiary/aromatic N) is 2. The smallest absolute Gasteiger partial charge is 0.264 e. The van der Waals surface area contributed by atoms with Gasteiger partial charge in [-0.1, -0.05) is 78.5 Å². The Balaban J connectivity index is 2.04. The van der Waals surface area contributed by atoms with Crippen LogP contribution in [0.4, 0.5) is 5.69 Å². The molecule has 2 amide bonds. The highest BCUT2D eigenvalue weighted by Gasteiger charge is 2.33. The zero-order valence-corrected chi connectivity index (χ0v) is 25.5. The van der Waals surface area contributed by atoms with Crippen molar-refractivity contribution in [2.24, 2.45) is 0 Å². The van der Waals surface area contributed by atoms with Crippen molar-refractivity contribution in [3.63, 3.8) is 0 Å². The fourth-order valence-electron chi connectivity index (χ4n) is 4.27. The molecule has 0 aromatic heterocycles. The van der Waals surface area contributed by atoms with Gasteiger partial charge >= 0.3 is 0 Å². The van der Waals surface area contributed by atoms with Gasteiger partial charge in [0, 0.05) is 23.1 Å². The Labute approximate surface area is 247 Å². The first-order valence-corrected chi connectivity index (χ1v) is 15.3. The highest BCUT2D eigenvalue weighted by molar-refractivity contribution is 7.92. The van der Waals surface area contributed by atoms with E-state index in [4.69, 9.17) is 23.2 Å². The van der Waals surface area contributed by atoms with Crippen LogP contribution < -0.4 is 9.62 Å². The molecule has 0 aliphatic carbocycles. The molecule has 3 rings (SSSR count). The summed E-state index contributed by atoms with van der Waals surface area (Å²) in [5.74, 6) is -0.889. The fourth-order valence-corrected chi connectivity index (χ4v) is 6.24. The summed E-state index contributed by atoms with van der Waals surface area (Å²) in [6, 6.07) is 17.3. The van der Waals surface area contributed by atoms with Crippen LogP contribution in [-0.4, -0.2) is 44.3 Å². The molecule has 1 unspecified atom stereocenters. The molecular formula is C30H35Cl2N3O4S. The standard InChI is InChI=1S/C30H35Cl2N3O4S/c1-5-6-16-33-30(37)23(4)34(19-24-13-14-25(31)18-27(24)32)29(36)20-35(28-15-12-21(2)17-22(28)3)40(38,39)26-10-8-7-9-11-26/h7-15,17-18,23H,5-6,16,19-20H2,1-4H3,(H,33,37).